The fraction of sp³-hybridized carbons (Fsp3) is 0.444. The molecule has 0 aliphatic rings. The molecule has 0 fully saturated rings. The van der Waals surface area contributed by atoms with Crippen molar-refractivity contribution in [2.45, 2.75) is 46.3 Å². The number of hydrogen-bond acceptors (Lipinski definition) is 6. The highest BCUT2D eigenvalue weighted by molar-refractivity contribution is 5.98. The van der Waals surface area contributed by atoms with Gasteiger partial charge in [0, 0.05) is 5.69 Å². The minimum atomic E-state index is -1.20. The number of esters is 1. The number of imide groups is 1. The number of anilines is 1. The first-order valence-electron chi connectivity index (χ1n) is 8.30. The second-order valence-corrected chi connectivity index (χ2v) is 7.13. The summed E-state index contributed by atoms with van der Waals surface area (Å²) in [7, 11) is 0. The van der Waals surface area contributed by atoms with Gasteiger partial charge in [0.1, 0.15) is 5.60 Å². The Kier molecular flexibility index (Phi) is 7.33. The summed E-state index contributed by atoms with van der Waals surface area (Å²) in [6, 6.07) is 4.92. The lowest BCUT2D eigenvalue weighted by Gasteiger charge is -2.20. The summed E-state index contributed by atoms with van der Waals surface area (Å²) in [5.74, 6) is -1.99. The number of amides is 4. The van der Waals surface area contributed by atoms with Crippen molar-refractivity contribution in [3.05, 3.63) is 29.8 Å². The number of nitrogens with two attached hydrogens (primary N) is 1. The molecule has 4 N–H and O–H groups in total. The van der Waals surface area contributed by atoms with Gasteiger partial charge in [0.05, 0.1) is 5.56 Å². The number of benzene rings is 1. The minimum absolute atomic E-state index is 0.112. The van der Waals surface area contributed by atoms with E-state index in [1.54, 1.807) is 40.7 Å². The largest absolute Gasteiger partial charge is 0.448 e. The fourth-order valence-electron chi connectivity index (χ4n) is 2.01. The molecule has 0 spiro atoms. The van der Waals surface area contributed by atoms with E-state index in [4.69, 9.17) is 15.2 Å². The summed E-state index contributed by atoms with van der Waals surface area (Å²) in [4.78, 5) is 47.0. The Labute approximate surface area is 157 Å². The molecular weight excluding hydrogens is 354 g/mol. The molecule has 0 radical (unpaired) electrons. The van der Waals surface area contributed by atoms with E-state index < -0.39 is 41.6 Å². The van der Waals surface area contributed by atoms with E-state index in [1.807, 2.05) is 5.32 Å². The molecule has 0 aliphatic heterocycles. The third-order valence-electron chi connectivity index (χ3n) is 3.09. The van der Waals surface area contributed by atoms with Crippen molar-refractivity contribution >= 4 is 29.7 Å². The third-order valence-corrected chi connectivity index (χ3v) is 3.09. The van der Waals surface area contributed by atoms with E-state index in [9.17, 15) is 19.2 Å². The molecule has 27 heavy (non-hydrogen) atoms. The summed E-state index contributed by atoms with van der Waals surface area (Å²) in [5, 5.41) is 4.40. The number of rotatable bonds is 5. The molecule has 1 aromatic rings. The zero-order valence-corrected chi connectivity index (χ0v) is 16.0. The van der Waals surface area contributed by atoms with Crippen molar-refractivity contribution in [3.8, 4) is 0 Å². The Balaban J connectivity index is 2.86. The number of carbonyl (C=O) groups excluding carboxylic acids is 4. The van der Waals surface area contributed by atoms with Gasteiger partial charge in [-0.1, -0.05) is 19.9 Å². The third kappa shape index (κ3) is 7.76. The van der Waals surface area contributed by atoms with Crippen LogP contribution in [0.25, 0.3) is 0 Å². The highest BCUT2D eigenvalue weighted by atomic mass is 16.6. The van der Waals surface area contributed by atoms with Crippen molar-refractivity contribution < 1.29 is 28.7 Å². The lowest BCUT2D eigenvalue weighted by atomic mass is 10.1. The molecule has 9 heteroatoms. The Hall–Kier alpha value is -3.10. The lowest BCUT2D eigenvalue weighted by molar-refractivity contribution is -0.130. The molecule has 0 aliphatic carbocycles. The summed E-state index contributed by atoms with van der Waals surface area (Å²) < 4.78 is 10.3. The number of nitrogens with one attached hydrogen (secondary N) is 2. The summed E-state index contributed by atoms with van der Waals surface area (Å²) in [5.41, 5.74) is 4.68. The maximum atomic E-state index is 12.4. The number of ether oxygens (including phenoxy) is 2. The van der Waals surface area contributed by atoms with Gasteiger partial charge < -0.3 is 15.2 Å². The predicted octanol–water partition coefficient (Wildman–Crippen LogP) is 2.41. The van der Waals surface area contributed by atoms with Crippen LogP contribution in [-0.4, -0.2) is 35.7 Å². The van der Waals surface area contributed by atoms with Crippen LogP contribution < -0.4 is 16.4 Å². The van der Waals surface area contributed by atoms with Crippen LogP contribution >= 0.6 is 0 Å². The Bertz CT molecular complexity index is 724. The molecular formula is C18H25N3O6. The number of primary amides is 1. The van der Waals surface area contributed by atoms with E-state index in [0.717, 1.165) is 0 Å². The number of urea groups is 1. The first-order valence-corrected chi connectivity index (χ1v) is 8.30. The van der Waals surface area contributed by atoms with Crippen LogP contribution in [0.15, 0.2) is 24.3 Å². The van der Waals surface area contributed by atoms with Crippen LogP contribution in [0, 0.1) is 5.92 Å². The highest BCUT2D eigenvalue weighted by Gasteiger charge is 2.28. The molecule has 0 unspecified atom stereocenters. The maximum Gasteiger partial charge on any atom is 0.412 e. The lowest BCUT2D eigenvalue weighted by Crippen LogP contribution is -2.45. The normalized spacial score (nSPS) is 12.1. The molecule has 1 aromatic carbocycles. The number of carbonyl (C=O) groups is 4. The molecule has 9 nitrogen and oxygen atoms in total. The van der Waals surface area contributed by atoms with Gasteiger partial charge in [0.15, 0.2) is 6.10 Å². The first-order chi connectivity index (χ1) is 12.4. The van der Waals surface area contributed by atoms with Crippen molar-refractivity contribution in [1.29, 1.82) is 0 Å². The predicted molar refractivity (Wildman–Crippen MR) is 98.1 cm³/mol. The smallest absolute Gasteiger partial charge is 0.412 e. The van der Waals surface area contributed by atoms with Gasteiger partial charge >= 0.3 is 18.1 Å². The van der Waals surface area contributed by atoms with Gasteiger partial charge in [-0.2, -0.15) is 0 Å². The van der Waals surface area contributed by atoms with E-state index in [2.05, 4.69) is 5.32 Å². The molecule has 1 rings (SSSR count). The quantitative estimate of drug-likeness (QED) is 0.672. The Morgan fingerprint density at radius 2 is 1.74 bits per heavy atom. The summed E-state index contributed by atoms with van der Waals surface area (Å²) in [6.45, 7) is 8.48. The van der Waals surface area contributed by atoms with Crippen molar-refractivity contribution in [3.63, 3.8) is 0 Å². The molecule has 0 saturated carbocycles. The topological polar surface area (TPSA) is 137 Å². The first kappa shape index (κ1) is 21.9. The SMILES string of the molecule is CC(C)[C@H](OC(=O)c1cccc(NC(=O)OC(C)(C)C)c1)C(=O)NC(N)=O. The second-order valence-electron chi connectivity index (χ2n) is 7.13. The van der Waals surface area contributed by atoms with E-state index in [-0.39, 0.29) is 5.56 Å². The van der Waals surface area contributed by atoms with Crippen LogP contribution in [0.3, 0.4) is 0 Å². The zero-order chi connectivity index (χ0) is 20.8. The van der Waals surface area contributed by atoms with Gasteiger partial charge in [0.2, 0.25) is 0 Å². The maximum absolute atomic E-state index is 12.4. The van der Waals surface area contributed by atoms with E-state index >= 15 is 0 Å². The molecule has 0 bridgehead atoms. The van der Waals surface area contributed by atoms with Crippen molar-refractivity contribution in [1.82, 2.24) is 5.32 Å². The van der Waals surface area contributed by atoms with Gasteiger partial charge in [-0.15, -0.1) is 0 Å². The number of hydrogen-bond donors (Lipinski definition) is 3. The van der Waals surface area contributed by atoms with E-state index in [1.165, 1.54) is 18.2 Å². The van der Waals surface area contributed by atoms with Gasteiger partial charge in [0.25, 0.3) is 5.91 Å². The van der Waals surface area contributed by atoms with Gasteiger partial charge in [-0.3, -0.25) is 15.4 Å². The van der Waals surface area contributed by atoms with Gasteiger partial charge in [-0.05, 0) is 44.9 Å². The van der Waals surface area contributed by atoms with E-state index in [0.29, 0.717) is 5.69 Å². The molecule has 0 heterocycles. The minimum Gasteiger partial charge on any atom is -0.448 e. The summed E-state index contributed by atoms with van der Waals surface area (Å²) >= 11 is 0. The standard InChI is InChI=1S/C18H25N3O6/c1-10(2)13(14(22)21-16(19)24)26-15(23)11-7-6-8-12(9-11)20-17(25)27-18(3,4)5/h6-10,13H,1-5H3,(H,20,25)(H3,19,21,22,24)/t13-/m0/s1. The van der Waals surface area contributed by atoms with Crippen LogP contribution in [0.2, 0.25) is 0 Å². The molecule has 148 valence electrons. The van der Waals surface area contributed by atoms with Crippen molar-refractivity contribution in [2.24, 2.45) is 11.7 Å². The summed E-state index contributed by atoms with van der Waals surface area (Å²) in [6.07, 6.45) is -1.87. The average molecular weight is 379 g/mol. The molecule has 0 saturated heterocycles. The van der Waals surface area contributed by atoms with Gasteiger partial charge in [-0.25, -0.2) is 14.4 Å². The van der Waals surface area contributed by atoms with Crippen LogP contribution in [0.4, 0.5) is 15.3 Å². The van der Waals surface area contributed by atoms with Crippen molar-refractivity contribution in [2.75, 3.05) is 5.32 Å². The second kappa shape index (κ2) is 9.02. The molecule has 0 aromatic heterocycles. The van der Waals surface area contributed by atoms with Crippen LogP contribution in [0.5, 0.6) is 0 Å². The highest BCUT2D eigenvalue weighted by Crippen LogP contribution is 2.16. The van der Waals surface area contributed by atoms with Crippen LogP contribution in [-0.2, 0) is 14.3 Å². The molecule has 4 amide bonds. The van der Waals surface area contributed by atoms with Crippen LogP contribution in [0.1, 0.15) is 45.0 Å². The zero-order valence-electron chi connectivity index (χ0n) is 16.0. The molecule has 1 atom stereocenters. The fourth-order valence-corrected chi connectivity index (χ4v) is 2.01. The Morgan fingerprint density at radius 1 is 1.11 bits per heavy atom. The monoisotopic (exact) mass is 379 g/mol. The average Bonchev–Trinajstić information content (AvgIpc) is 2.49. The Morgan fingerprint density at radius 3 is 2.26 bits per heavy atom.